The first-order valence-corrected chi connectivity index (χ1v) is 8.38. The number of hydrogen-bond acceptors (Lipinski definition) is 2. The summed E-state index contributed by atoms with van der Waals surface area (Å²) in [5.74, 6) is -0.655. The van der Waals surface area contributed by atoms with Gasteiger partial charge in [0, 0.05) is 18.0 Å². The van der Waals surface area contributed by atoms with Crippen LogP contribution < -0.4 is 10.6 Å². The number of anilines is 1. The van der Waals surface area contributed by atoms with E-state index in [-0.39, 0.29) is 17.5 Å². The monoisotopic (exact) mass is 344 g/mol. The van der Waals surface area contributed by atoms with Crippen molar-refractivity contribution in [3.05, 3.63) is 83.6 Å². The number of rotatable bonds is 4. The van der Waals surface area contributed by atoms with Crippen molar-refractivity contribution < 1.29 is 9.59 Å². The molecule has 0 aromatic heterocycles. The second-order valence-electron chi connectivity index (χ2n) is 6.08. The molecule has 0 saturated heterocycles. The van der Waals surface area contributed by atoms with Gasteiger partial charge in [0.1, 0.15) is 5.70 Å². The number of hydrogen-bond donors (Lipinski definition) is 2. The summed E-state index contributed by atoms with van der Waals surface area (Å²) in [6.07, 6.45) is 1.69. The lowest BCUT2D eigenvalue weighted by atomic mass is 10.1. The fourth-order valence-electron chi connectivity index (χ4n) is 2.78. The Labute approximate surface area is 152 Å². The molecule has 2 amide bonds. The van der Waals surface area contributed by atoms with E-state index in [2.05, 4.69) is 10.6 Å². The zero-order valence-electron chi connectivity index (χ0n) is 14.7. The second kappa shape index (κ2) is 7.66. The molecule has 3 aromatic carbocycles. The first-order chi connectivity index (χ1) is 12.5. The largest absolute Gasteiger partial charge is 0.322 e. The summed E-state index contributed by atoms with van der Waals surface area (Å²) in [6, 6.07) is 21.2. The fourth-order valence-corrected chi connectivity index (χ4v) is 2.78. The normalized spacial score (nSPS) is 11.2. The number of fused-ring (bicyclic) bond motifs is 1. The molecule has 4 heteroatoms. The average molecular weight is 344 g/mol. The minimum Gasteiger partial charge on any atom is -0.322 e. The Hall–Kier alpha value is -3.40. The first kappa shape index (κ1) is 17.4. The minimum atomic E-state index is -0.361. The highest BCUT2D eigenvalue weighted by molar-refractivity contribution is 6.12. The van der Waals surface area contributed by atoms with Gasteiger partial charge < -0.3 is 10.6 Å². The molecule has 0 atom stereocenters. The molecule has 0 aliphatic heterocycles. The lowest BCUT2D eigenvalue weighted by molar-refractivity contribution is -0.120. The summed E-state index contributed by atoms with van der Waals surface area (Å²) >= 11 is 0. The standard InChI is InChI=1S/C22H20N2O2/c1-15-8-3-4-10-18(15)14-21(23-16(2)25)22(26)24-20-13-7-11-17-9-5-6-12-19(17)20/h3-14H,1-2H3,(H,23,25)(H,24,26). The van der Waals surface area contributed by atoms with E-state index in [1.165, 1.54) is 6.92 Å². The second-order valence-corrected chi connectivity index (χ2v) is 6.08. The Balaban J connectivity index is 1.95. The predicted octanol–water partition coefficient (Wildman–Crippen LogP) is 4.26. The summed E-state index contributed by atoms with van der Waals surface area (Å²) in [5.41, 5.74) is 2.81. The molecule has 4 nitrogen and oxygen atoms in total. The van der Waals surface area contributed by atoms with E-state index in [0.717, 1.165) is 21.9 Å². The maximum Gasteiger partial charge on any atom is 0.272 e. The van der Waals surface area contributed by atoms with Crippen molar-refractivity contribution in [3.63, 3.8) is 0 Å². The van der Waals surface area contributed by atoms with Crippen LogP contribution in [0.4, 0.5) is 5.69 Å². The van der Waals surface area contributed by atoms with Crippen LogP contribution in [0.15, 0.2) is 72.4 Å². The van der Waals surface area contributed by atoms with Gasteiger partial charge in [-0.2, -0.15) is 0 Å². The Bertz CT molecular complexity index is 1000. The Morgan fingerprint density at radius 1 is 0.885 bits per heavy atom. The number of nitrogens with one attached hydrogen (secondary N) is 2. The maximum absolute atomic E-state index is 12.8. The zero-order valence-corrected chi connectivity index (χ0v) is 14.7. The molecule has 0 spiro atoms. The third kappa shape index (κ3) is 3.98. The number of carbonyl (C=O) groups is 2. The molecule has 130 valence electrons. The summed E-state index contributed by atoms with van der Waals surface area (Å²) < 4.78 is 0. The average Bonchev–Trinajstić information content (AvgIpc) is 2.63. The van der Waals surface area contributed by atoms with Crippen molar-refractivity contribution in [1.29, 1.82) is 0 Å². The van der Waals surface area contributed by atoms with Gasteiger partial charge in [-0.05, 0) is 35.6 Å². The summed E-state index contributed by atoms with van der Waals surface area (Å²) in [7, 11) is 0. The minimum absolute atomic E-state index is 0.208. The Kier molecular flexibility index (Phi) is 5.13. The number of amides is 2. The van der Waals surface area contributed by atoms with Gasteiger partial charge in [-0.1, -0.05) is 60.7 Å². The maximum atomic E-state index is 12.8. The lowest BCUT2D eigenvalue weighted by Crippen LogP contribution is -2.29. The molecule has 3 rings (SSSR count). The highest BCUT2D eigenvalue weighted by Crippen LogP contribution is 2.23. The molecule has 2 N–H and O–H groups in total. The summed E-state index contributed by atoms with van der Waals surface area (Å²) in [5, 5.41) is 7.52. The van der Waals surface area contributed by atoms with Crippen LogP contribution in [0.1, 0.15) is 18.1 Å². The number of carbonyl (C=O) groups excluding carboxylic acids is 2. The predicted molar refractivity (Wildman–Crippen MR) is 106 cm³/mol. The topological polar surface area (TPSA) is 58.2 Å². The van der Waals surface area contributed by atoms with Crippen molar-refractivity contribution in [1.82, 2.24) is 5.32 Å². The van der Waals surface area contributed by atoms with Crippen molar-refractivity contribution in [2.45, 2.75) is 13.8 Å². The van der Waals surface area contributed by atoms with E-state index in [0.29, 0.717) is 5.69 Å². The van der Waals surface area contributed by atoms with Gasteiger partial charge in [-0.3, -0.25) is 9.59 Å². The Morgan fingerprint density at radius 3 is 2.35 bits per heavy atom. The van der Waals surface area contributed by atoms with Gasteiger partial charge in [-0.15, -0.1) is 0 Å². The molecular formula is C22H20N2O2. The van der Waals surface area contributed by atoms with Crippen LogP contribution in [0.25, 0.3) is 16.8 Å². The van der Waals surface area contributed by atoms with Crippen molar-refractivity contribution in [3.8, 4) is 0 Å². The van der Waals surface area contributed by atoms with E-state index in [4.69, 9.17) is 0 Å². The number of benzene rings is 3. The molecule has 26 heavy (non-hydrogen) atoms. The van der Waals surface area contributed by atoms with E-state index in [1.807, 2.05) is 73.7 Å². The molecular weight excluding hydrogens is 324 g/mol. The van der Waals surface area contributed by atoms with Gasteiger partial charge in [-0.25, -0.2) is 0 Å². The van der Waals surface area contributed by atoms with Gasteiger partial charge >= 0.3 is 0 Å². The molecule has 0 aliphatic carbocycles. The van der Waals surface area contributed by atoms with Gasteiger partial charge in [0.05, 0.1) is 0 Å². The zero-order chi connectivity index (χ0) is 18.5. The number of aryl methyl sites for hydroxylation is 1. The fraction of sp³-hybridized carbons (Fsp3) is 0.0909. The van der Waals surface area contributed by atoms with Crippen molar-refractivity contribution in [2.75, 3.05) is 5.32 Å². The molecule has 0 saturated carbocycles. The molecule has 0 bridgehead atoms. The first-order valence-electron chi connectivity index (χ1n) is 8.38. The molecule has 0 unspecified atom stereocenters. The van der Waals surface area contributed by atoms with Crippen LogP contribution in [0.5, 0.6) is 0 Å². The van der Waals surface area contributed by atoms with E-state index < -0.39 is 0 Å². The van der Waals surface area contributed by atoms with E-state index in [9.17, 15) is 9.59 Å². The Morgan fingerprint density at radius 2 is 1.58 bits per heavy atom. The van der Waals surface area contributed by atoms with Crippen LogP contribution in [-0.2, 0) is 9.59 Å². The van der Waals surface area contributed by atoms with Gasteiger partial charge in [0.2, 0.25) is 5.91 Å². The van der Waals surface area contributed by atoms with Crippen LogP contribution in [-0.4, -0.2) is 11.8 Å². The quantitative estimate of drug-likeness (QED) is 0.695. The van der Waals surface area contributed by atoms with Crippen LogP contribution in [0.2, 0.25) is 0 Å². The smallest absolute Gasteiger partial charge is 0.272 e. The van der Waals surface area contributed by atoms with Crippen LogP contribution >= 0.6 is 0 Å². The van der Waals surface area contributed by atoms with E-state index in [1.54, 1.807) is 6.08 Å². The molecule has 0 heterocycles. The van der Waals surface area contributed by atoms with E-state index >= 15 is 0 Å². The van der Waals surface area contributed by atoms with Crippen LogP contribution in [0, 0.1) is 6.92 Å². The molecule has 0 fully saturated rings. The molecule has 0 aliphatic rings. The van der Waals surface area contributed by atoms with Crippen LogP contribution in [0.3, 0.4) is 0 Å². The highest BCUT2D eigenvalue weighted by Gasteiger charge is 2.13. The third-order valence-corrected chi connectivity index (χ3v) is 4.08. The molecule has 0 radical (unpaired) electrons. The molecule has 3 aromatic rings. The summed E-state index contributed by atoms with van der Waals surface area (Å²) in [4.78, 5) is 24.4. The summed E-state index contributed by atoms with van der Waals surface area (Å²) in [6.45, 7) is 3.34. The van der Waals surface area contributed by atoms with Crippen molar-refractivity contribution >= 4 is 34.4 Å². The van der Waals surface area contributed by atoms with Gasteiger partial charge in [0.15, 0.2) is 0 Å². The lowest BCUT2D eigenvalue weighted by Gasteiger charge is -2.12. The van der Waals surface area contributed by atoms with Crippen molar-refractivity contribution in [2.24, 2.45) is 0 Å². The van der Waals surface area contributed by atoms with Gasteiger partial charge in [0.25, 0.3) is 5.91 Å². The highest BCUT2D eigenvalue weighted by atomic mass is 16.2. The SMILES string of the molecule is CC(=O)NC(=Cc1ccccc1C)C(=O)Nc1cccc2ccccc12. The third-order valence-electron chi connectivity index (χ3n) is 4.08.